The first-order valence-electron chi connectivity index (χ1n) is 8.97. The van der Waals surface area contributed by atoms with Crippen molar-refractivity contribution in [2.24, 2.45) is 4.99 Å². The molecule has 0 aliphatic heterocycles. The summed E-state index contributed by atoms with van der Waals surface area (Å²) in [5.74, 6) is 0.770. The van der Waals surface area contributed by atoms with Crippen molar-refractivity contribution in [2.75, 3.05) is 7.05 Å². The van der Waals surface area contributed by atoms with Gasteiger partial charge in [-0.3, -0.25) is 4.99 Å². The molecule has 0 fully saturated rings. The number of rotatable bonds is 5. The van der Waals surface area contributed by atoms with Gasteiger partial charge in [0, 0.05) is 29.7 Å². The summed E-state index contributed by atoms with van der Waals surface area (Å²) in [7, 11) is 1.78. The topological polar surface area (TPSA) is 67.1 Å². The predicted octanol–water partition coefficient (Wildman–Crippen LogP) is 4.05. The van der Waals surface area contributed by atoms with Gasteiger partial charge in [0.15, 0.2) is 5.96 Å². The van der Waals surface area contributed by atoms with Crippen molar-refractivity contribution in [2.45, 2.75) is 40.8 Å². The third-order valence-corrected chi connectivity index (χ3v) is 5.59. The van der Waals surface area contributed by atoms with E-state index in [0.29, 0.717) is 6.54 Å². The fourth-order valence-electron chi connectivity index (χ4n) is 3.05. The summed E-state index contributed by atoms with van der Waals surface area (Å²) in [6, 6.07) is 10.2. The Hall–Kier alpha value is -1.94. The van der Waals surface area contributed by atoms with E-state index in [0.717, 1.165) is 40.3 Å². The number of halogens is 1. The smallest absolute Gasteiger partial charge is 0.191 e. The van der Waals surface area contributed by atoms with Crippen LogP contribution in [-0.4, -0.2) is 27.8 Å². The van der Waals surface area contributed by atoms with Crippen molar-refractivity contribution in [1.29, 1.82) is 0 Å². The van der Waals surface area contributed by atoms with Gasteiger partial charge in [0.05, 0.1) is 28.6 Å². The van der Waals surface area contributed by atoms with Crippen molar-refractivity contribution in [3.8, 4) is 5.69 Å². The van der Waals surface area contributed by atoms with Gasteiger partial charge < -0.3 is 10.6 Å². The Balaban J connectivity index is 0.00000280. The van der Waals surface area contributed by atoms with Crippen LogP contribution in [0.5, 0.6) is 0 Å². The average Bonchev–Trinajstić information content (AvgIpc) is 3.14. The number of guanidine groups is 1. The molecule has 0 spiro atoms. The highest BCUT2D eigenvalue weighted by Crippen LogP contribution is 2.18. The first-order valence-corrected chi connectivity index (χ1v) is 9.79. The van der Waals surface area contributed by atoms with Crippen LogP contribution in [0.25, 0.3) is 5.69 Å². The van der Waals surface area contributed by atoms with Crippen LogP contribution < -0.4 is 10.6 Å². The maximum absolute atomic E-state index is 4.70. The fraction of sp³-hybridized carbons (Fsp3) is 0.350. The number of aliphatic imine (C=N–C) groups is 1. The van der Waals surface area contributed by atoms with Gasteiger partial charge in [0.2, 0.25) is 0 Å². The van der Waals surface area contributed by atoms with E-state index in [-0.39, 0.29) is 24.0 Å². The minimum absolute atomic E-state index is 0. The first kappa shape index (κ1) is 22.4. The van der Waals surface area contributed by atoms with Crippen LogP contribution in [0.4, 0.5) is 0 Å². The zero-order valence-electron chi connectivity index (χ0n) is 16.9. The van der Waals surface area contributed by atoms with Crippen LogP contribution in [0.3, 0.4) is 0 Å². The second kappa shape index (κ2) is 10.0. The number of hydrogen-bond acceptors (Lipinski definition) is 4. The van der Waals surface area contributed by atoms with E-state index < -0.39 is 0 Å². The lowest BCUT2D eigenvalue weighted by Crippen LogP contribution is -2.36. The maximum atomic E-state index is 4.70. The Morgan fingerprint density at radius 1 is 1.04 bits per heavy atom. The highest BCUT2D eigenvalue weighted by atomic mass is 127. The Labute approximate surface area is 187 Å². The molecule has 2 aromatic heterocycles. The normalized spacial score (nSPS) is 11.2. The van der Waals surface area contributed by atoms with Crippen LogP contribution in [0.15, 0.2) is 35.3 Å². The van der Waals surface area contributed by atoms with Crippen LogP contribution in [0.2, 0.25) is 0 Å². The Bertz CT molecular complexity index is 945. The molecule has 3 rings (SSSR count). The van der Waals surface area contributed by atoms with E-state index in [1.54, 1.807) is 18.4 Å². The quantitative estimate of drug-likeness (QED) is 0.309. The third-order valence-electron chi connectivity index (χ3n) is 4.51. The van der Waals surface area contributed by atoms with Crippen molar-refractivity contribution in [1.82, 2.24) is 25.4 Å². The molecule has 0 radical (unpaired) electrons. The molecule has 0 aliphatic rings. The van der Waals surface area contributed by atoms with E-state index in [4.69, 9.17) is 5.10 Å². The summed E-state index contributed by atoms with van der Waals surface area (Å²) in [4.78, 5) is 10.0. The molecule has 2 N–H and O–H groups in total. The maximum Gasteiger partial charge on any atom is 0.191 e. The monoisotopic (exact) mass is 510 g/mol. The Kier molecular flexibility index (Phi) is 7.99. The molecule has 1 aromatic carbocycles. The molecule has 0 saturated heterocycles. The predicted molar refractivity (Wildman–Crippen MR) is 127 cm³/mol. The molecular weight excluding hydrogens is 483 g/mol. The SMILES string of the molecule is CN=C(NCc1sc(C)nc1C)NCc1c(C)nn(-c2ccccc2)c1C.I. The second-order valence-corrected chi connectivity index (χ2v) is 7.71. The van der Waals surface area contributed by atoms with E-state index in [1.165, 1.54) is 10.4 Å². The molecule has 0 saturated carbocycles. The molecule has 150 valence electrons. The van der Waals surface area contributed by atoms with Gasteiger partial charge in [0.1, 0.15) is 0 Å². The minimum atomic E-state index is 0. The van der Waals surface area contributed by atoms with E-state index in [9.17, 15) is 0 Å². The van der Waals surface area contributed by atoms with E-state index >= 15 is 0 Å². The summed E-state index contributed by atoms with van der Waals surface area (Å²) >= 11 is 1.72. The lowest BCUT2D eigenvalue weighted by Gasteiger charge is -2.12. The zero-order valence-corrected chi connectivity index (χ0v) is 20.1. The number of para-hydroxylation sites is 1. The highest BCUT2D eigenvalue weighted by molar-refractivity contribution is 14.0. The molecule has 0 atom stereocenters. The Morgan fingerprint density at radius 2 is 1.71 bits per heavy atom. The zero-order chi connectivity index (χ0) is 19.4. The third kappa shape index (κ3) is 5.11. The number of hydrogen-bond donors (Lipinski definition) is 2. The molecular formula is C20H27IN6S. The molecule has 0 bridgehead atoms. The first-order chi connectivity index (χ1) is 13.0. The van der Waals surface area contributed by atoms with E-state index in [1.807, 2.05) is 43.7 Å². The number of nitrogens with zero attached hydrogens (tertiary/aromatic N) is 4. The molecule has 0 unspecified atom stereocenters. The van der Waals surface area contributed by atoms with E-state index in [2.05, 4.69) is 39.7 Å². The minimum Gasteiger partial charge on any atom is -0.352 e. The van der Waals surface area contributed by atoms with Gasteiger partial charge in [-0.25, -0.2) is 9.67 Å². The van der Waals surface area contributed by atoms with Gasteiger partial charge in [-0.05, 0) is 39.8 Å². The lowest BCUT2D eigenvalue weighted by molar-refractivity contribution is 0.802. The molecule has 0 aliphatic carbocycles. The molecule has 8 heteroatoms. The number of aryl methyl sites for hydroxylation is 3. The highest BCUT2D eigenvalue weighted by Gasteiger charge is 2.13. The summed E-state index contributed by atoms with van der Waals surface area (Å²) < 4.78 is 1.99. The van der Waals surface area contributed by atoms with Crippen LogP contribution >= 0.6 is 35.3 Å². The van der Waals surface area contributed by atoms with Gasteiger partial charge >= 0.3 is 0 Å². The van der Waals surface area contributed by atoms with Gasteiger partial charge in [-0.2, -0.15) is 5.10 Å². The summed E-state index contributed by atoms with van der Waals surface area (Å²) in [6.07, 6.45) is 0. The fourth-order valence-corrected chi connectivity index (χ4v) is 3.92. The molecule has 28 heavy (non-hydrogen) atoms. The lowest BCUT2D eigenvalue weighted by atomic mass is 10.2. The number of nitrogens with one attached hydrogen (secondary N) is 2. The van der Waals surface area contributed by atoms with Crippen LogP contribution in [-0.2, 0) is 13.1 Å². The van der Waals surface area contributed by atoms with Crippen LogP contribution in [0.1, 0.15) is 32.5 Å². The van der Waals surface area contributed by atoms with Gasteiger partial charge in [0.25, 0.3) is 0 Å². The number of benzene rings is 1. The summed E-state index contributed by atoms with van der Waals surface area (Å²) in [5, 5.41) is 12.6. The number of aromatic nitrogens is 3. The average molecular weight is 510 g/mol. The molecule has 0 amide bonds. The second-order valence-electron chi connectivity index (χ2n) is 6.42. The van der Waals surface area contributed by atoms with Crippen LogP contribution in [0, 0.1) is 27.7 Å². The van der Waals surface area contributed by atoms with Gasteiger partial charge in [-0.15, -0.1) is 35.3 Å². The summed E-state index contributed by atoms with van der Waals surface area (Å²) in [6.45, 7) is 9.61. The van der Waals surface area contributed by atoms with Crippen molar-refractivity contribution in [3.05, 3.63) is 62.9 Å². The molecule has 2 heterocycles. The molecule has 6 nitrogen and oxygen atoms in total. The van der Waals surface area contributed by atoms with Crippen molar-refractivity contribution in [3.63, 3.8) is 0 Å². The van der Waals surface area contributed by atoms with Crippen molar-refractivity contribution < 1.29 is 0 Å². The molecule has 3 aromatic rings. The number of thiazole rings is 1. The largest absolute Gasteiger partial charge is 0.352 e. The Morgan fingerprint density at radius 3 is 2.32 bits per heavy atom. The summed E-state index contributed by atoms with van der Waals surface area (Å²) in [5.41, 5.74) is 5.50. The van der Waals surface area contributed by atoms with Crippen molar-refractivity contribution >= 4 is 41.3 Å². The van der Waals surface area contributed by atoms with Gasteiger partial charge in [-0.1, -0.05) is 18.2 Å². The standard InChI is InChI=1S/C20H26N6S.HI/c1-13-18(15(3)26(25-13)17-9-7-6-8-10-17)11-22-20(21-5)23-12-19-14(2)24-16(4)27-19;/h6-10H,11-12H2,1-5H3,(H2,21,22,23);1H.